The number of phenolic OH excluding ortho intramolecular Hbond substituents is 1. The number of halogens is 1. The standard InChI is InChI=1S/C21H22BrN3O4/c1-21(2,3)14-6-4-12(5-7-14)16-10-17(16)20(27)24-23-11-13-8-15(25(28)29)9-18(22)19(13)26/h4-9,11,16-17,26H,10H2,1-3H3,(H,24,27)/b23-11+. The minimum Gasteiger partial charge on any atom is -0.506 e. The zero-order valence-corrected chi connectivity index (χ0v) is 17.9. The highest BCUT2D eigenvalue weighted by atomic mass is 79.9. The smallest absolute Gasteiger partial charge is 0.271 e. The summed E-state index contributed by atoms with van der Waals surface area (Å²) < 4.78 is 0.181. The normalized spacial score (nSPS) is 18.6. The first-order chi connectivity index (χ1) is 13.6. The van der Waals surface area contributed by atoms with Crippen molar-refractivity contribution in [3.63, 3.8) is 0 Å². The summed E-state index contributed by atoms with van der Waals surface area (Å²) in [4.78, 5) is 22.7. The molecule has 0 radical (unpaired) electrons. The Morgan fingerprint density at radius 1 is 1.31 bits per heavy atom. The fourth-order valence-corrected chi connectivity index (χ4v) is 3.60. The van der Waals surface area contributed by atoms with E-state index in [4.69, 9.17) is 0 Å². The number of carbonyl (C=O) groups excluding carboxylic acids is 1. The zero-order chi connectivity index (χ0) is 21.3. The number of hydrogen-bond donors (Lipinski definition) is 2. The summed E-state index contributed by atoms with van der Waals surface area (Å²) >= 11 is 3.07. The molecule has 2 atom stereocenters. The molecular weight excluding hydrogens is 438 g/mol. The molecule has 1 aliphatic carbocycles. The second kappa shape index (κ2) is 7.94. The molecule has 1 saturated carbocycles. The van der Waals surface area contributed by atoms with Gasteiger partial charge >= 0.3 is 0 Å². The summed E-state index contributed by atoms with van der Waals surface area (Å²) in [6, 6.07) is 10.7. The molecule has 152 valence electrons. The lowest BCUT2D eigenvalue weighted by molar-refractivity contribution is -0.385. The van der Waals surface area contributed by atoms with Crippen LogP contribution in [0.5, 0.6) is 5.75 Å². The topological polar surface area (TPSA) is 105 Å². The van der Waals surface area contributed by atoms with Crippen LogP contribution < -0.4 is 5.43 Å². The maximum absolute atomic E-state index is 12.3. The maximum Gasteiger partial charge on any atom is 0.271 e. The Morgan fingerprint density at radius 2 is 1.97 bits per heavy atom. The van der Waals surface area contributed by atoms with Crippen molar-refractivity contribution in [2.75, 3.05) is 0 Å². The van der Waals surface area contributed by atoms with Gasteiger partial charge in [0.2, 0.25) is 5.91 Å². The molecule has 1 fully saturated rings. The molecule has 0 heterocycles. The molecule has 1 aliphatic rings. The van der Waals surface area contributed by atoms with Crippen molar-refractivity contribution in [2.24, 2.45) is 11.0 Å². The number of nitrogens with one attached hydrogen (secondary N) is 1. The van der Waals surface area contributed by atoms with Gasteiger partial charge in [-0.3, -0.25) is 14.9 Å². The number of nitro groups is 1. The summed E-state index contributed by atoms with van der Waals surface area (Å²) in [6.45, 7) is 6.47. The molecule has 2 N–H and O–H groups in total. The third-order valence-electron chi connectivity index (χ3n) is 5.00. The lowest BCUT2D eigenvalue weighted by Gasteiger charge is -2.19. The van der Waals surface area contributed by atoms with Gasteiger partial charge in [0.25, 0.3) is 5.69 Å². The van der Waals surface area contributed by atoms with E-state index in [1.54, 1.807) is 0 Å². The number of nitrogens with zero attached hydrogens (tertiary/aromatic N) is 2. The number of benzene rings is 2. The molecule has 2 aromatic carbocycles. The van der Waals surface area contributed by atoms with Gasteiger partial charge in [-0.2, -0.15) is 5.10 Å². The maximum atomic E-state index is 12.3. The summed E-state index contributed by atoms with van der Waals surface area (Å²) in [5, 5.41) is 24.8. The molecule has 1 amide bonds. The second-order valence-electron chi connectivity index (χ2n) is 8.18. The monoisotopic (exact) mass is 459 g/mol. The van der Waals surface area contributed by atoms with Crippen molar-refractivity contribution >= 4 is 33.7 Å². The van der Waals surface area contributed by atoms with E-state index in [0.29, 0.717) is 0 Å². The summed E-state index contributed by atoms with van der Waals surface area (Å²) in [6.07, 6.45) is 1.95. The molecule has 29 heavy (non-hydrogen) atoms. The van der Waals surface area contributed by atoms with Crippen LogP contribution in [0, 0.1) is 16.0 Å². The van der Waals surface area contributed by atoms with Gasteiger partial charge in [-0.15, -0.1) is 0 Å². The largest absolute Gasteiger partial charge is 0.506 e. The van der Waals surface area contributed by atoms with E-state index >= 15 is 0 Å². The van der Waals surface area contributed by atoms with E-state index < -0.39 is 4.92 Å². The number of non-ortho nitro benzene ring substituents is 1. The quantitative estimate of drug-likeness (QED) is 0.386. The van der Waals surface area contributed by atoms with Gasteiger partial charge in [0.05, 0.1) is 15.6 Å². The fourth-order valence-electron chi connectivity index (χ4n) is 3.14. The molecule has 3 rings (SSSR count). The minimum absolute atomic E-state index is 0.0840. The lowest BCUT2D eigenvalue weighted by Crippen LogP contribution is -2.20. The van der Waals surface area contributed by atoms with Crippen LogP contribution in [0.15, 0.2) is 46.0 Å². The molecule has 0 spiro atoms. The highest BCUT2D eigenvalue weighted by Gasteiger charge is 2.44. The number of carbonyl (C=O) groups is 1. The molecule has 7 nitrogen and oxygen atoms in total. The van der Waals surface area contributed by atoms with Gasteiger partial charge in [-0.25, -0.2) is 5.43 Å². The molecular formula is C21H22BrN3O4. The number of amides is 1. The summed E-state index contributed by atoms with van der Waals surface area (Å²) in [5.74, 6) is -0.385. The molecule has 0 aliphatic heterocycles. The molecule has 0 bridgehead atoms. The van der Waals surface area contributed by atoms with Crippen molar-refractivity contribution in [3.05, 3.63) is 67.7 Å². The van der Waals surface area contributed by atoms with E-state index in [2.05, 4.69) is 71.5 Å². The van der Waals surface area contributed by atoms with E-state index in [1.165, 1.54) is 23.9 Å². The van der Waals surface area contributed by atoms with Crippen molar-refractivity contribution in [1.82, 2.24) is 5.43 Å². The highest BCUT2D eigenvalue weighted by molar-refractivity contribution is 9.10. The number of phenols is 1. The van der Waals surface area contributed by atoms with Crippen LogP contribution in [0.1, 0.15) is 49.8 Å². The molecule has 0 saturated heterocycles. The third-order valence-corrected chi connectivity index (χ3v) is 5.60. The van der Waals surface area contributed by atoms with E-state index in [1.807, 2.05) is 0 Å². The van der Waals surface area contributed by atoms with Crippen LogP contribution in [0.3, 0.4) is 0 Å². The van der Waals surface area contributed by atoms with Crippen LogP contribution in [-0.4, -0.2) is 22.2 Å². The van der Waals surface area contributed by atoms with E-state index in [0.717, 1.165) is 12.0 Å². The average Bonchev–Trinajstić information content (AvgIpc) is 3.45. The van der Waals surface area contributed by atoms with Gasteiger partial charge in [-0.05, 0) is 44.8 Å². The van der Waals surface area contributed by atoms with Gasteiger partial charge in [-0.1, -0.05) is 45.0 Å². The molecule has 8 heteroatoms. The van der Waals surface area contributed by atoms with Gasteiger partial charge < -0.3 is 5.11 Å². The first kappa shape index (κ1) is 21.0. The SMILES string of the molecule is CC(C)(C)c1ccc(C2CC2C(=O)N/N=C/c2cc([N+](=O)[O-])cc(Br)c2O)cc1. The number of nitro benzene ring substituents is 1. The Morgan fingerprint density at radius 3 is 2.55 bits per heavy atom. The Labute approximate surface area is 177 Å². The Bertz CT molecular complexity index is 981. The van der Waals surface area contributed by atoms with Crippen molar-refractivity contribution in [3.8, 4) is 5.75 Å². The second-order valence-corrected chi connectivity index (χ2v) is 9.03. The van der Waals surface area contributed by atoms with Crippen LogP contribution >= 0.6 is 15.9 Å². The van der Waals surface area contributed by atoms with E-state index in [-0.39, 0.29) is 44.6 Å². The highest BCUT2D eigenvalue weighted by Crippen LogP contribution is 2.47. The third kappa shape index (κ3) is 4.82. The fraction of sp³-hybridized carbons (Fsp3) is 0.333. The molecule has 0 aromatic heterocycles. The zero-order valence-electron chi connectivity index (χ0n) is 16.3. The number of hydrazone groups is 1. The molecule has 2 aromatic rings. The first-order valence-electron chi connectivity index (χ1n) is 9.18. The Kier molecular flexibility index (Phi) is 5.75. The summed E-state index contributed by atoms with van der Waals surface area (Å²) in [7, 11) is 0. The van der Waals surface area contributed by atoms with Crippen molar-refractivity contribution < 1.29 is 14.8 Å². The minimum atomic E-state index is -0.570. The van der Waals surface area contributed by atoms with Gasteiger partial charge in [0, 0.05) is 23.6 Å². The van der Waals surface area contributed by atoms with Crippen LogP contribution in [-0.2, 0) is 10.2 Å². The predicted molar refractivity (Wildman–Crippen MR) is 114 cm³/mol. The summed E-state index contributed by atoms with van der Waals surface area (Å²) in [5.41, 5.74) is 4.86. The lowest BCUT2D eigenvalue weighted by atomic mass is 9.86. The van der Waals surface area contributed by atoms with Crippen LogP contribution in [0.2, 0.25) is 0 Å². The van der Waals surface area contributed by atoms with Crippen molar-refractivity contribution in [2.45, 2.75) is 38.5 Å². The van der Waals surface area contributed by atoms with E-state index in [9.17, 15) is 20.0 Å². The average molecular weight is 460 g/mol. The number of rotatable bonds is 5. The number of hydrogen-bond acceptors (Lipinski definition) is 5. The van der Waals surface area contributed by atoms with Gasteiger partial charge in [0.1, 0.15) is 5.75 Å². The Balaban J connectivity index is 1.62. The van der Waals surface area contributed by atoms with Crippen LogP contribution in [0.4, 0.5) is 5.69 Å². The molecule has 2 unspecified atom stereocenters. The first-order valence-corrected chi connectivity index (χ1v) is 9.97. The van der Waals surface area contributed by atoms with Crippen molar-refractivity contribution in [1.29, 1.82) is 0 Å². The van der Waals surface area contributed by atoms with Crippen LogP contribution in [0.25, 0.3) is 0 Å². The van der Waals surface area contributed by atoms with Gasteiger partial charge in [0.15, 0.2) is 0 Å². The number of aromatic hydroxyl groups is 1. The Hall–Kier alpha value is -2.74. The predicted octanol–water partition coefficient (Wildman–Crippen LogP) is 4.61.